The largest absolute Gasteiger partial charge is 0.350 e. The number of rotatable bonds is 4. The number of aromatic nitrogens is 3. The van der Waals surface area contributed by atoms with Gasteiger partial charge in [-0.1, -0.05) is 36.4 Å². The predicted molar refractivity (Wildman–Crippen MR) is 84.1 cm³/mol. The van der Waals surface area contributed by atoms with Crippen LogP contribution >= 0.6 is 0 Å². The van der Waals surface area contributed by atoms with Gasteiger partial charge in [-0.15, -0.1) is 10.2 Å². The van der Waals surface area contributed by atoms with Crippen LogP contribution in [0, 0.1) is 0 Å². The molecule has 0 bridgehead atoms. The van der Waals surface area contributed by atoms with Gasteiger partial charge in [-0.2, -0.15) is 5.10 Å². The molecule has 3 rings (SSSR count). The summed E-state index contributed by atoms with van der Waals surface area (Å²) in [6.07, 6.45) is 13.1. The summed E-state index contributed by atoms with van der Waals surface area (Å²) >= 11 is 0. The van der Waals surface area contributed by atoms with Crippen LogP contribution in [0.1, 0.15) is 0 Å². The number of allylic oxidation sites excluding steroid dienone is 5. The van der Waals surface area contributed by atoms with Gasteiger partial charge in [-0.25, -0.2) is 4.68 Å². The smallest absolute Gasteiger partial charge is 0.141 e. The minimum absolute atomic E-state index is 1.05. The van der Waals surface area contributed by atoms with Gasteiger partial charge in [0.15, 0.2) is 0 Å². The first kappa shape index (κ1) is 13.1. The molecule has 1 aromatic heterocycles. The van der Waals surface area contributed by atoms with E-state index in [4.69, 9.17) is 0 Å². The van der Waals surface area contributed by atoms with Gasteiger partial charge in [0, 0.05) is 24.5 Å². The fourth-order valence-corrected chi connectivity index (χ4v) is 2.01. The zero-order valence-electron chi connectivity index (χ0n) is 11.7. The Labute approximate surface area is 123 Å². The number of para-hydroxylation sites is 1. The molecule has 0 saturated heterocycles. The zero-order chi connectivity index (χ0) is 14.5. The molecule has 0 aliphatic heterocycles. The van der Waals surface area contributed by atoms with Crippen molar-refractivity contribution in [3.63, 3.8) is 0 Å². The zero-order valence-corrected chi connectivity index (χ0v) is 11.7. The summed E-state index contributed by atoms with van der Waals surface area (Å²) in [6, 6.07) is 10.2. The molecular formula is C16H15N5. The van der Waals surface area contributed by atoms with Crippen LogP contribution in [0.15, 0.2) is 83.7 Å². The summed E-state index contributed by atoms with van der Waals surface area (Å²) in [5.41, 5.74) is 3.30. The number of hydrogen-bond acceptors (Lipinski definition) is 4. The van der Waals surface area contributed by atoms with E-state index in [1.54, 1.807) is 23.5 Å². The van der Waals surface area contributed by atoms with Crippen molar-refractivity contribution in [2.45, 2.75) is 0 Å². The average molecular weight is 282 g/mol. The molecule has 5 heteroatoms. The van der Waals surface area contributed by atoms with Gasteiger partial charge < -0.3 is 4.90 Å². The van der Waals surface area contributed by atoms with Gasteiger partial charge >= 0.3 is 0 Å². The molecular weight excluding hydrogens is 267 g/mol. The summed E-state index contributed by atoms with van der Waals surface area (Å²) in [7, 11) is 2.03. The highest BCUT2D eigenvalue weighted by atomic mass is 16.3. The molecule has 1 aromatic carbocycles. The van der Waals surface area contributed by atoms with E-state index in [1.807, 2.05) is 37.4 Å². The summed E-state index contributed by atoms with van der Waals surface area (Å²) in [4.78, 5) is 2.09. The normalized spacial score (nSPS) is 15.9. The molecule has 1 aliphatic rings. The summed E-state index contributed by atoms with van der Waals surface area (Å²) in [6.45, 7) is 0. The lowest BCUT2D eigenvalue weighted by molar-refractivity contribution is 0.878. The van der Waals surface area contributed by atoms with Crippen LogP contribution in [0.3, 0.4) is 0 Å². The van der Waals surface area contributed by atoms with E-state index in [0.29, 0.717) is 0 Å². The number of hydrogen-bond donors (Lipinski definition) is 0. The average Bonchev–Trinajstić information content (AvgIpc) is 3.17. The van der Waals surface area contributed by atoms with Crippen molar-refractivity contribution in [3.05, 3.63) is 78.6 Å². The molecule has 0 fully saturated rings. The molecule has 0 unspecified atom stereocenters. The molecule has 0 N–H and O–H groups in total. The highest BCUT2D eigenvalue weighted by Gasteiger charge is 2.06. The Hall–Kier alpha value is -2.95. The van der Waals surface area contributed by atoms with Crippen molar-refractivity contribution in [2.24, 2.45) is 5.10 Å². The second-order valence-corrected chi connectivity index (χ2v) is 4.60. The van der Waals surface area contributed by atoms with Gasteiger partial charge in [0.05, 0.1) is 6.21 Å². The predicted octanol–water partition coefficient (Wildman–Crippen LogP) is 2.63. The van der Waals surface area contributed by atoms with Crippen LogP contribution in [0.2, 0.25) is 0 Å². The first-order valence-corrected chi connectivity index (χ1v) is 6.60. The first-order chi connectivity index (χ1) is 10.3. The fourth-order valence-electron chi connectivity index (χ4n) is 2.01. The third-order valence-corrected chi connectivity index (χ3v) is 3.12. The molecule has 21 heavy (non-hydrogen) atoms. The van der Waals surface area contributed by atoms with Crippen LogP contribution < -0.4 is 4.90 Å². The second-order valence-electron chi connectivity index (χ2n) is 4.60. The fraction of sp³-hybridized carbons (Fsp3) is 0.0625. The van der Waals surface area contributed by atoms with Crippen LogP contribution in [0.25, 0.3) is 0 Å². The monoisotopic (exact) mass is 282 g/mol. The topological polar surface area (TPSA) is 46.3 Å². The maximum absolute atomic E-state index is 4.28. The van der Waals surface area contributed by atoms with E-state index in [1.165, 1.54) is 0 Å². The molecule has 0 spiro atoms. The first-order valence-electron chi connectivity index (χ1n) is 6.60. The second kappa shape index (κ2) is 6.00. The quantitative estimate of drug-likeness (QED) is 0.639. The SMILES string of the molecule is C[15N](/C=C1/C=CC=C1/C=[15N]/[15n]1c[15n][15n]c1)c1ccccc1. The Morgan fingerprint density at radius 1 is 1.14 bits per heavy atom. The summed E-state index contributed by atoms with van der Waals surface area (Å²) < 4.78 is 1.57. The van der Waals surface area contributed by atoms with E-state index >= 15 is 0 Å². The van der Waals surface area contributed by atoms with Crippen LogP contribution in [0.5, 0.6) is 0 Å². The Bertz CT molecular complexity index is 708. The molecule has 0 saturated carbocycles. The Balaban J connectivity index is 1.77. The molecule has 1 aliphatic carbocycles. The van der Waals surface area contributed by atoms with Crippen molar-refractivity contribution in [3.8, 4) is 0 Å². The molecule has 0 atom stereocenters. The standard InChI is InChI=1S/C16H15N5/c1-20(16-8-3-2-4-9-16)11-15-7-5-6-14(15)10-19-21-12-17-18-13-21/h2-13H,1H3/b15-11-,19-10+/i17+1,18+1,19+1,20+1,21+1. The molecule has 0 radical (unpaired) electrons. The molecule has 1 heterocycles. The minimum atomic E-state index is 1.05. The van der Waals surface area contributed by atoms with Crippen molar-refractivity contribution < 1.29 is 0 Å². The van der Waals surface area contributed by atoms with E-state index in [2.05, 4.69) is 44.6 Å². The van der Waals surface area contributed by atoms with Gasteiger partial charge in [0.1, 0.15) is 12.7 Å². The van der Waals surface area contributed by atoms with Crippen LogP contribution in [-0.4, -0.2) is 28.1 Å². The summed E-state index contributed by atoms with van der Waals surface area (Å²) in [5, 5.41) is 11.7. The van der Waals surface area contributed by atoms with Gasteiger partial charge in [0.2, 0.25) is 0 Å². The van der Waals surface area contributed by atoms with Crippen molar-refractivity contribution >= 4 is 11.9 Å². The minimum Gasteiger partial charge on any atom is -0.350 e. The maximum atomic E-state index is 4.28. The van der Waals surface area contributed by atoms with Crippen LogP contribution in [-0.2, 0) is 0 Å². The number of benzene rings is 1. The van der Waals surface area contributed by atoms with E-state index in [0.717, 1.165) is 16.8 Å². The van der Waals surface area contributed by atoms with E-state index < -0.39 is 0 Å². The van der Waals surface area contributed by atoms with Gasteiger partial charge in [-0.05, 0) is 17.7 Å². The Morgan fingerprint density at radius 2 is 1.90 bits per heavy atom. The summed E-state index contributed by atoms with van der Waals surface area (Å²) in [5.74, 6) is 0. The highest BCUT2D eigenvalue weighted by Crippen LogP contribution is 2.20. The number of nitrogens with zero attached hydrogens (tertiary/aromatic N) is 5. The Kier molecular flexibility index (Phi) is 3.73. The lowest BCUT2D eigenvalue weighted by Gasteiger charge is -2.15. The maximum Gasteiger partial charge on any atom is 0.141 e. The number of anilines is 1. The molecule has 2 aromatic rings. The van der Waals surface area contributed by atoms with Crippen molar-refractivity contribution in [2.75, 3.05) is 11.9 Å². The van der Waals surface area contributed by atoms with Crippen LogP contribution in [0.4, 0.5) is 5.69 Å². The van der Waals surface area contributed by atoms with Gasteiger partial charge in [0.25, 0.3) is 0 Å². The van der Waals surface area contributed by atoms with Crippen molar-refractivity contribution in [1.82, 2.24) is 14.9 Å². The molecule has 104 valence electrons. The highest BCUT2D eigenvalue weighted by molar-refractivity contribution is 5.88. The Morgan fingerprint density at radius 3 is 2.67 bits per heavy atom. The van der Waals surface area contributed by atoms with Crippen molar-refractivity contribution in [1.29, 1.82) is 0 Å². The lowest BCUT2D eigenvalue weighted by Crippen LogP contribution is -2.09. The van der Waals surface area contributed by atoms with Gasteiger partial charge in [-0.3, -0.25) is 0 Å². The lowest BCUT2D eigenvalue weighted by atomic mass is 10.2. The molecule has 0 amide bonds. The third kappa shape index (κ3) is 3.14. The third-order valence-electron chi connectivity index (χ3n) is 3.12. The molecule has 5 nitrogen and oxygen atoms in total. The van der Waals surface area contributed by atoms with E-state index in [9.17, 15) is 0 Å². The van der Waals surface area contributed by atoms with E-state index in [-0.39, 0.29) is 0 Å².